The number of carbonyl (C=O) groups excluding carboxylic acids is 1. The number of aliphatic hydroxyl groups is 1. The number of hydrogen-bond donors (Lipinski definition) is 2. The van der Waals surface area contributed by atoms with Crippen molar-refractivity contribution >= 4 is 5.91 Å². The molecule has 1 aliphatic heterocycles. The van der Waals surface area contributed by atoms with E-state index in [1.807, 2.05) is 12.1 Å². The van der Waals surface area contributed by atoms with Crippen molar-refractivity contribution in [2.24, 2.45) is 0 Å². The van der Waals surface area contributed by atoms with Crippen LogP contribution in [0.2, 0.25) is 0 Å². The third-order valence-electron chi connectivity index (χ3n) is 5.47. The van der Waals surface area contributed by atoms with Gasteiger partial charge in [-0.15, -0.1) is 0 Å². The average molecular weight is 291 g/mol. The van der Waals surface area contributed by atoms with Gasteiger partial charge in [0, 0.05) is 6.42 Å². The molecule has 2 N–H and O–H groups in total. The molecule has 5 rings (SSSR count). The zero-order valence-electron chi connectivity index (χ0n) is 12.2. The number of nitrogens with one attached hydrogen (secondary N) is 1. The number of aliphatic hydroxyl groups excluding tert-OH is 1. The predicted molar refractivity (Wildman–Crippen MR) is 83.4 cm³/mol. The lowest BCUT2D eigenvalue weighted by Gasteiger charge is -2.29. The van der Waals surface area contributed by atoms with Crippen LogP contribution in [-0.4, -0.2) is 17.2 Å². The molecule has 3 aliphatic rings. The molecule has 1 saturated heterocycles. The minimum atomic E-state index is -0.850. The van der Waals surface area contributed by atoms with Gasteiger partial charge in [-0.05, 0) is 46.6 Å². The summed E-state index contributed by atoms with van der Waals surface area (Å²) in [5.74, 6) is 0.584. The highest BCUT2D eigenvalue weighted by molar-refractivity contribution is 5.90. The average Bonchev–Trinajstić information content (AvgIpc) is 3.28. The molecule has 2 aromatic rings. The van der Waals surface area contributed by atoms with Gasteiger partial charge in [0.15, 0.2) is 0 Å². The first-order chi connectivity index (χ1) is 10.7. The second-order valence-corrected chi connectivity index (χ2v) is 6.74. The lowest BCUT2D eigenvalue weighted by atomic mass is 9.75. The number of carbonyl (C=O) groups is 1. The van der Waals surface area contributed by atoms with E-state index in [-0.39, 0.29) is 5.91 Å². The van der Waals surface area contributed by atoms with Crippen molar-refractivity contribution in [1.82, 2.24) is 5.32 Å². The third kappa shape index (κ3) is 1.42. The Kier molecular flexibility index (Phi) is 2.25. The van der Waals surface area contributed by atoms with Crippen LogP contribution in [0, 0.1) is 0 Å². The van der Waals surface area contributed by atoms with Crippen molar-refractivity contribution in [2.75, 3.05) is 0 Å². The quantitative estimate of drug-likeness (QED) is 0.848. The SMILES string of the molecule is O=C1CC2(c3ccccc3-c3ccc(C4CC4)cc32)C(O)N1. The molecule has 3 heteroatoms. The van der Waals surface area contributed by atoms with E-state index in [0.717, 1.165) is 22.3 Å². The highest BCUT2D eigenvalue weighted by Gasteiger charge is 2.54. The Morgan fingerprint density at radius 2 is 1.82 bits per heavy atom. The molecule has 2 aromatic carbocycles. The van der Waals surface area contributed by atoms with Gasteiger partial charge in [-0.2, -0.15) is 0 Å². The summed E-state index contributed by atoms with van der Waals surface area (Å²) >= 11 is 0. The maximum Gasteiger partial charge on any atom is 0.223 e. The molecule has 2 atom stereocenters. The fourth-order valence-electron chi connectivity index (χ4n) is 4.25. The van der Waals surface area contributed by atoms with Gasteiger partial charge in [0.2, 0.25) is 5.91 Å². The summed E-state index contributed by atoms with van der Waals surface area (Å²) in [6.07, 6.45) is 1.97. The van der Waals surface area contributed by atoms with E-state index in [9.17, 15) is 9.90 Å². The molecule has 0 aromatic heterocycles. The van der Waals surface area contributed by atoms with E-state index >= 15 is 0 Å². The van der Waals surface area contributed by atoms with E-state index in [0.29, 0.717) is 12.3 Å². The topological polar surface area (TPSA) is 49.3 Å². The van der Waals surface area contributed by atoms with Crippen molar-refractivity contribution in [3.63, 3.8) is 0 Å². The van der Waals surface area contributed by atoms with Crippen molar-refractivity contribution in [1.29, 1.82) is 0 Å². The summed E-state index contributed by atoms with van der Waals surface area (Å²) in [5, 5.41) is 13.4. The lowest BCUT2D eigenvalue weighted by molar-refractivity contribution is -0.120. The van der Waals surface area contributed by atoms with E-state index in [1.165, 1.54) is 18.4 Å². The standard InChI is InChI=1S/C19H17NO2/c21-17-10-19(18(22)20-17)15-4-2-1-3-13(15)14-8-7-12(9-16(14)19)11-5-6-11/h1-4,7-9,11,18,22H,5-6,10H2,(H,20,21). The van der Waals surface area contributed by atoms with Crippen molar-refractivity contribution in [2.45, 2.75) is 36.8 Å². The largest absolute Gasteiger partial charge is 0.372 e. The van der Waals surface area contributed by atoms with E-state index in [4.69, 9.17) is 0 Å². The van der Waals surface area contributed by atoms with Crippen LogP contribution in [0.5, 0.6) is 0 Å². The van der Waals surface area contributed by atoms with Crippen molar-refractivity contribution < 1.29 is 9.90 Å². The number of amides is 1. The van der Waals surface area contributed by atoms with Crippen LogP contribution in [0.15, 0.2) is 42.5 Å². The van der Waals surface area contributed by atoms with Crippen LogP contribution in [0.4, 0.5) is 0 Å². The first-order valence-corrected chi connectivity index (χ1v) is 7.92. The summed E-state index contributed by atoms with van der Waals surface area (Å²) in [6, 6.07) is 14.8. The Bertz CT molecular complexity index is 809. The maximum atomic E-state index is 12.0. The first kappa shape index (κ1) is 12.4. The number of rotatable bonds is 1. The minimum absolute atomic E-state index is 0.0769. The normalized spacial score (nSPS) is 28.6. The monoisotopic (exact) mass is 291 g/mol. The van der Waals surface area contributed by atoms with Gasteiger partial charge in [0.25, 0.3) is 0 Å². The molecular formula is C19H17NO2. The molecule has 1 saturated carbocycles. The smallest absolute Gasteiger partial charge is 0.223 e. The highest BCUT2D eigenvalue weighted by Crippen LogP contribution is 2.55. The third-order valence-corrected chi connectivity index (χ3v) is 5.47. The first-order valence-electron chi connectivity index (χ1n) is 7.92. The van der Waals surface area contributed by atoms with E-state index in [1.54, 1.807) is 0 Å². The molecule has 2 unspecified atom stereocenters. The Labute approximate surface area is 129 Å². The van der Waals surface area contributed by atoms with Crippen LogP contribution in [0.25, 0.3) is 11.1 Å². The second kappa shape index (κ2) is 3.99. The van der Waals surface area contributed by atoms with Crippen LogP contribution >= 0.6 is 0 Å². The van der Waals surface area contributed by atoms with Crippen LogP contribution in [0.1, 0.15) is 41.9 Å². The molecule has 0 radical (unpaired) electrons. The number of fused-ring (bicyclic) bond motifs is 5. The van der Waals surface area contributed by atoms with Crippen molar-refractivity contribution in [3.05, 3.63) is 59.2 Å². The Morgan fingerprint density at radius 3 is 2.55 bits per heavy atom. The lowest BCUT2D eigenvalue weighted by Crippen LogP contribution is -2.40. The molecule has 1 heterocycles. The molecule has 0 bridgehead atoms. The minimum Gasteiger partial charge on any atom is -0.372 e. The van der Waals surface area contributed by atoms with Crippen LogP contribution < -0.4 is 5.32 Å². The van der Waals surface area contributed by atoms with Gasteiger partial charge >= 0.3 is 0 Å². The van der Waals surface area contributed by atoms with E-state index < -0.39 is 11.6 Å². The fourth-order valence-corrected chi connectivity index (χ4v) is 4.25. The Morgan fingerprint density at radius 1 is 1.05 bits per heavy atom. The van der Waals surface area contributed by atoms with Gasteiger partial charge in [0.1, 0.15) is 6.23 Å². The van der Waals surface area contributed by atoms with Gasteiger partial charge in [0.05, 0.1) is 5.41 Å². The summed E-state index contributed by atoms with van der Waals surface area (Å²) in [4.78, 5) is 12.0. The fraction of sp³-hybridized carbons (Fsp3) is 0.316. The summed E-state index contributed by atoms with van der Waals surface area (Å²) in [6.45, 7) is 0. The van der Waals surface area contributed by atoms with Crippen molar-refractivity contribution in [3.8, 4) is 11.1 Å². The Balaban J connectivity index is 1.81. The number of benzene rings is 2. The summed E-state index contributed by atoms with van der Waals surface area (Å²) in [7, 11) is 0. The second-order valence-electron chi connectivity index (χ2n) is 6.74. The van der Waals surface area contributed by atoms with Crippen LogP contribution in [0.3, 0.4) is 0 Å². The molecule has 110 valence electrons. The molecular weight excluding hydrogens is 274 g/mol. The molecule has 2 aliphatic carbocycles. The zero-order chi connectivity index (χ0) is 14.9. The molecule has 3 nitrogen and oxygen atoms in total. The van der Waals surface area contributed by atoms with Gasteiger partial charge < -0.3 is 10.4 Å². The van der Waals surface area contributed by atoms with Gasteiger partial charge in [-0.25, -0.2) is 0 Å². The van der Waals surface area contributed by atoms with Crippen LogP contribution in [-0.2, 0) is 10.2 Å². The summed E-state index contributed by atoms with van der Waals surface area (Å²) < 4.78 is 0. The summed E-state index contributed by atoms with van der Waals surface area (Å²) in [5.41, 5.74) is 5.23. The number of hydrogen-bond acceptors (Lipinski definition) is 2. The molecule has 1 spiro atoms. The molecule has 2 fully saturated rings. The van der Waals surface area contributed by atoms with E-state index in [2.05, 4.69) is 35.6 Å². The molecule has 1 amide bonds. The maximum absolute atomic E-state index is 12.0. The predicted octanol–water partition coefficient (Wildman–Crippen LogP) is 2.67. The zero-order valence-corrected chi connectivity index (χ0v) is 12.2. The highest BCUT2D eigenvalue weighted by atomic mass is 16.3. The van der Waals surface area contributed by atoms with Gasteiger partial charge in [-0.1, -0.05) is 42.5 Å². The van der Waals surface area contributed by atoms with Gasteiger partial charge in [-0.3, -0.25) is 4.79 Å². The molecule has 22 heavy (non-hydrogen) atoms. The Hall–Kier alpha value is -2.13.